The smallest absolute Gasteiger partial charge is 0.271 e. The van der Waals surface area contributed by atoms with E-state index in [1.807, 2.05) is 39.0 Å². The van der Waals surface area contributed by atoms with E-state index >= 15 is 0 Å². The topological polar surface area (TPSA) is 96.3 Å². The molecular formula is C22H30N4O3. The van der Waals surface area contributed by atoms with E-state index in [0.717, 1.165) is 24.0 Å². The fourth-order valence-electron chi connectivity index (χ4n) is 3.94. The molecule has 2 aromatic rings. The molecule has 2 amide bonds. The van der Waals surface area contributed by atoms with Crippen molar-refractivity contribution in [3.8, 4) is 0 Å². The van der Waals surface area contributed by atoms with Crippen molar-refractivity contribution >= 4 is 11.8 Å². The zero-order chi connectivity index (χ0) is 21.1. The molecular weight excluding hydrogens is 368 g/mol. The lowest BCUT2D eigenvalue weighted by atomic mass is 9.84. The normalized spacial score (nSPS) is 22.7. The molecule has 3 unspecified atom stereocenters. The quantitative estimate of drug-likeness (QED) is 0.721. The molecule has 0 spiro atoms. The maximum Gasteiger partial charge on any atom is 0.271 e. The van der Waals surface area contributed by atoms with Gasteiger partial charge in [0, 0.05) is 19.2 Å². The van der Waals surface area contributed by atoms with Gasteiger partial charge in [-0.2, -0.15) is 5.10 Å². The van der Waals surface area contributed by atoms with Crippen molar-refractivity contribution in [2.45, 2.75) is 58.2 Å². The van der Waals surface area contributed by atoms with E-state index in [0.29, 0.717) is 12.1 Å². The molecule has 4 atom stereocenters. The lowest BCUT2D eigenvalue weighted by molar-refractivity contribution is 0.0612. The first-order valence-electron chi connectivity index (χ1n) is 10.2. The molecule has 0 radical (unpaired) electrons. The number of benzene rings is 1. The Morgan fingerprint density at radius 1 is 1.24 bits per heavy atom. The maximum absolute atomic E-state index is 13.1. The summed E-state index contributed by atoms with van der Waals surface area (Å²) in [5, 5.41) is 20.0. The van der Waals surface area contributed by atoms with Crippen LogP contribution in [-0.4, -0.2) is 45.9 Å². The summed E-state index contributed by atoms with van der Waals surface area (Å²) in [5.41, 5.74) is 2.70. The van der Waals surface area contributed by atoms with Crippen molar-refractivity contribution < 1.29 is 14.7 Å². The molecule has 1 aliphatic carbocycles. The number of hydrogen-bond acceptors (Lipinski definition) is 4. The third kappa shape index (κ3) is 4.67. The summed E-state index contributed by atoms with van der Waals surface area (Å²) in [7, 11) is 1.54. The largest absolute Gasteiger partial charge is 0.393 e. The minimum Gasteiger partial charge on any atom is -0.393 e. The fraction of sp³-hybridized carbons (Fsp3) is 0.500. The third-order valence-electron chi connectivity index (χ3n) is 5.78. The molecule has 1 fully saturated rings. The zero-order valence-electron chi connectivity index (χ0n) is 17.5. The molecule has 7 heteroatoms. The average molecular weight is 399 g/mol. The van der Waals surface area contributed by atoms with E-state index < -0.39 is 0 Å². The number of nitrogens with zero attached hydrogens (tertiary/aromatic N) is 2. The number of carbonyl (C=O) groups is 2. The maximum atomic E-state index is 13.1. The van der Waals surface area contributed by atoms with E-state index in [4.69, 9.17) is 0 Å². The summed E-state index contributed by atoms with van der Waals surface area (Å²) >= 11 is 0. The van der Waals surface area contributed by atoms with Gasteiger partial charge in [-0.25, -0.2) is 0 Å². The number of rotatable bonds is 5. The molecule has 0 bridgehead atoms. The summed E-state index contributed by atoms with van der Waals surface area (Å²) in [6, 6.07) is 9.37. The third-order valence-corrected chi connectivity index (χ3v) is 5.78. The van der Waals surface area contributed by atoms with Crippen LogP contribution in [0.15, 0.2) is 30.3 Å². The van der Waals surface area contributed by atoms with Crippen molar-refractivity contribution in [2.75, 3.05) is 7.05 Å². The van der Waals surface area contributed by atoms with Gasteiger partial charge in [-0.15, -0.1) is 0 Å². The predicted octanol–water partition coefficient (Wildman–Crippen LogP) is 2.44. The molecule has 3 N–H and O–H groups in total. The van der Waals surface area contributed by atoms with Crippen LogP contribution in [-0.2, 0) is 0 Å². The van der Waals surface area contributed by atoms with Gasteiger partial charge in [0.05, 0.1) is 12.1 Å². The van der Waals surface area contributed by atoms with Crippen molar-refractivity contribution in [1.29, 1.82) is 0 Å². The summed E-state index contributed by atoms with van der Waals surface area (Å²) in [6.07, 6.45) is 1.83. The van der Waals surface area contributed by atoms with E-state index in [-0.39, 0.29) is 41.6 Å². The standard InChI is InChI=1S/C22H30N4O3/c1-13-6-5-7-16(10-13)15(3)26-19(12-18(25-26)21(28)23-4)22(29)24-17-8-9-20(27)14(2)11-17/h5-7,10,12,14-15,17,20,27H,8-9,11H2,1-4H3,(H,23,28)(H,24,29)/t14-,15?,17?,20?/m1/s1. The average Bonchev–Trinajstić information content (AvgIpc) is 3.15. The number of nitrogens with one attached hydrogen (secondary N) is 2. The molecule has 0 aliphatic heterocycles. The molecule has 1 aliphatic rings. The van der Waals surface area contributed by atoms with Crippen LogP contribution in [0.2, 0.25) is 0 Å². The second-order valence-electron chi connectivity index (χ2n) is 8.06. The number of amides is 2. The van der Waals surface area contributed by atoms with Crippen LogP contribution in [0.3, 0.4) is 0 Å². The molecule has 7 nitrogen and oxygen atoms in total. The van der Waals surface area contributed by atoms with Gasteiger partial charge in [-0.3, -0.25) is 14.3 Å². The Morgan fingerprint density at radius 3 is 2.66 bits per heavy atom. The lowest BCUT2D eigenvalue weighted by Crippen LogP contribution is -2.42. The minimum atomic E-state index is -0.330. The summed E-state index contributed by atoms with van der Waals surface area (Å²) in [5.74, 6) is -0.434. The SMILES string of the molecule is CNC(=O)c1cc(C(=O)NC2CCC(O)[C@H](C)C2)n(C(C)c2cccc(C)c2)n1. The first-order valence-corrected chi connectivity index (χ1v) is 10.2. The lowest BCUT2D eigenvalue weighted by Gasteiger charge is -2.31. The van der Waals surface area contributed by atoms with Crippen LogP contribution in [0, 0.1) is 12.8 Å². The van der Waals surface area contributed by atoms with Crippen LogP contribution in [0.5, 0.6) is 0 Å². The minimum absolute atomic E-state index is 0.00183. The Kier molecular flexibility index (Phi) is 6.37. The molecule has 1 aromatic carbocycles. The molecule has 1 aromatic heterocycles. The van der Waals surface area contributed by atoms with Gasteiger partial charge in [0.2, 0.25) is 0 Å². The number of hydrogen-bond donors (Lipinski definition) is 3. The van der Waals surface area contributed by atoms with Crippen LogP contribution < -0.4 is 10.6 Å². The molecule has 3 rings (SSSR count). The molecule has 1 saturated carbocycles. The first-order chi connectivity index (χ1) is 13.8. The number of aliphatic hydroxyl groups excluding tert-OH is 1. The van der Waals surface area contributed by atoms with E-state index in [1.54, 1.807) is 17.8 Å². The monoisotopic (exact) mass is 398 g/mol. The summed E-state index contributed by atoms with van der Waals surface area (Å²) in [4.78, 5) is 25.2. The van der Waals surface area contributed by atoms with E-state index in [1.165, 1.54) is 0 Å². The van der Waals surface area contributed by atoms with Gasteiger partial charge in [0.15, 0.2) is 5.69 Å². The van der Waals surface area contributed by atoms with Gasteiger partial charge in [0.1, 0.15) is 5.69 Å². The molecule has 156 valence electrons. The predicted molar refractivity (Wildman–Crippen MR) is 111 cm³/mol. The summed E-state index contributed by atoms with van der Waals surface area (Å²) < 4.78 is 1.62. The summed E-state index contributed by atoms with van der Waals surface area (Å²) in [6.45, 7) is 5.98. The highest BCUT2D eigenvalue weighted by Crippen LogP contribution is 2.25. The van der Waals surface area contributed by atoms with Crippen molar-refractivity contribution in [3.63, 3.8) is 0 Å². The van der Waals surface area contributed by atoms with Crippen molar-refractivity contribution in [1.82, 2.24) is 20.4 Å². The molecule has 1 heterocycles. The Labute approximate surface area is 171 Å². The van der Waals surface area contributed by atoms with Crippen LogP contribution >= 0.6 is 0 Å². The highest BCUT2D eigenvalue weighted by Gasteiger charge is 2.29. The Balaban J connectivity index is 1.89. The van der Waals surface area contributed by atoms with E-state index in [9.17, 15) is 14.7 Å². The van der Waals surface area contributed by atoms with Crippen LogP contribution in [0.4, 0.5) is 0 Å². The Morgan fingerprint density at radius 2 is 2.00 bits per heavy atom. The van der Waals surface area contributed by atoms with Crippen LogP contribution in [0.1, 0.15) is 71.3 Å². The van der Waals surface area contributed by atoms with Crippen LogP contribution in [0.25, 0.3) is 0 Å². The Hall–Kier alpha value is -2.67. The molecule has 29 heavy (non-hydrogen) atoms. The van der Waals surface area contributed by atoms with Gasteiger partial charge in [0.25, 0.3) is 11.8 Å². The van der Waals surface area contributed by atoms with Gasteiger partial charge >= 0.3 is 0 Å². The number of aliphatic hydroxyl groups is 1. The number of carbonyl (C=O) groups excluding carboxylic acids is 2. The van der Waals surface area contributed by atoms with Gasteiger partial charge in [-0.1, -0.05) is 36.8 Å². The molecule has 0 saturated heterocycles. The fourth-order valence-corrected chi connectivity index (χ4v) is 3.94. The second-order valence-corrected chi connectivity index (χ2v) is 8.06. The Bertz CT molecular complexity index is 892. The highest BCUT2D eigenvalue weighted by atomic mass is 16.3. The van der Waals surface area contributed by atoms with E-state index in [2.05, 4.69) is 21.8 Å². The zero-order valence-corrected chi connectivity index (χ0v) is 17.5. The highest BCUT2D eigenvalue weighted by molar-refractivity contribution is 5.98. The first kappa shape index (κ1) is 21.0. The number of aromatic nitrogens is 2. The van der Waals surface area contributed by atoms with Gasteiger partial charge < -0.3 is 15.7 Å². The van der Waals surface area contributed by atoms with Crippen molar-refractivity contribution in [3.05, 3.63) is 52.8 Å². The van der Waals surface area contributed by atoms with Crippen molar-refractivity contribution in [2.24, 2.45) is 5.92 Å². The number of aryl methyl sites for hydroxylation is 1. The second kappa shape index (κ2) is 8.78. The van der Waals surface area contributed by atoms with Gasteiger partial charge in [-0.05, 0) is 44.6 Å².